The molecule has 0 amide bonds. The van der Waals surface area contributed by atoms with Crippen LogP contribution in [-0.2, 0) is 39.8 Å². The molecule has 0 spiro atoms. The summed E-state index contributed by atoms with van der Waals surface area (Å²) in [4.78, 5) is 56.0. The number of carbonyl (C=O) groups excluding carboxylic acids is 2. The molecule has 0 radical (unpaired) electrons. The molecule has 1 aromatic rings. The molecule has 1 saturated heterocycles. The number of nitrogens with zero attached hydrogens (tertiary/aromatic N) is 3. The fraction of sp³-hybridized carbons (Fsp3) is 0.880. The number of unbranched alkanes of at least 4 members (excludes halogenated alkanes) is 20. The van der Waals surface area contributed by atoms with Gasteiger partial charge in [0, 0.05) is 25.9 Å². The Hall–Kier alpha value is -2.54. The zero-order valence-electron chi connectivity index (χ0n) is 40.6. The van der Waals surface area contributed by atoms with Gasteiger partial charge in [0.05, 0.1) is 0 Å². The van der Waals surface area contributed by atoms with Gasteiger partial charge in [0.1, 0.15) is 43.7 Å². The van der Waals surface area contributed by atoms with E-state index in [4.69, 9.17) is 23.7 Å². The highest BCUT2D eigenvalue weighted by Gasteiger charge is 2.48. The van der Waals surface area contributed by atoms with Crippen LogP contribution in [0.4, 0.5) is 0 Å². The second-order valence-corrected chi connectivity index (χ2v) is 18.2. The Morgan fingerprint density at radius 1 is 0.629 bits per heavy atom. The van der Waals surface area contributed by atoms with E-state index >= 15 is 0 Å². The maximum absolute atomic E-state index is 14.1. The molecule has 0 saturated carbocycles. The molecule has 1 aliphatic heterocycles. The molecule has 2 heterocycles. The third-order valence-electron chi connectivity index (χ3n) is 12.3. The molecule has 1 aromatic heterocycles. The molecule has 1 aliphatic rings. The van der Waals surface area contributed by atoms with Gasteiger partial charge in [-0.15, -0.1) is 0 Å². The predicted octanol–water partition coefficient (Wildman–Crippen LogP) is 10.7. The first-order valence-electron chi connectivity index (χ1n) is 25.2. The van der Waals surface area contributed by atoms with Crippen LogP contribution < -0.4 is 11.2 Å². The lowest BCUT2D eigenvalue weighted by molar-refractivity contribution is -0.160. The van der Waals surface area contributed by atoms with Crippen molar-refractivity contribution in [1.29, 1.82) is 0 Å². The quantitative estimate of drug-likeness (QED) is 0.0466. The van der Waals surface area contributed by atoms with Crippen molar-refractivity contribution < 1.29 is 33.3 Å². The molecule has 0 aromatic carbocycles. The van der Waals surface area contributed by atoms with Crippen LogP contribution in [0, 0.1) is 0 Å². The fourth-order valence-corrected chi connectivity index (χ4v) is 8.63. The van der Waals surface area contributed by atoms with Crippen molar-refractivity contribution in [2.75, 3.05) is 34.4 Å². The minimum atomic E-state index is -0.984. The molecule has 1 fully saturated rings. The van der Waals surface area contributed by atoms with Crippen molar-refractivity contribution in [2.45, 2.75) is 251 Å². The van der Waals surface area contributed by atoms with Gasteiger partial charge in [-0.2, -0.15) is 0 Å². The summed E-state index contributed by atoms with van der Waals surface area (Å²) in [6.45, 7) is 8.49. The smallest absolute Gasteiger partial charge is 0.333 e. The number of aromatic nitrogens is 2. The number of ether oxygens (including phenoxy) is 5. The zero-order valence-corrected chi connectivity index (χ0v) is 40.6. The highest BCUT2D eigenvalue weighted by molar-refractivity contribution is 5.71. The SMILES string of the molecule is CCCCCCCCC(CCCCCCCC)OC(=O)CO[C@H]1[C@@H](OC)[C@H](n2ccc(=O)n(CC(=O)OC(CCCCCCCC)CCCCCCCC)c2=O)O[C@@H]1CN(C)C. The van der Waals surface area contributed by atoms with Crippen LogP contribution in [0.2, 0.25) is 0 Å². The Labute approximate surface area is 376 Å². The Kier molecular flexibility index (Phi) is 31.2. The Balaban J connectivity index is 2.16. The summed E-state index contributed by atoms with van der Waals surface area (Å²) < 4.78 is 32.9. The first kappa shape index (κ1) is 55.6. The average Bonchev–Trinajstić information content (AvgIpc) is 3.58. The molecular weight excluding hydrogens is 787 g/mol. The summed E-state index contributed by atoms with van der Waals surface area (Å²) in [7, 11) is 5.32. The second-order valence-electron chi connectivity index (χ2n) is 18.2. The van der Waals surface area contributed by atoms with Crippen LogP contribution in [0.5, 0.6) is 0 Å². The van der Waals surface area contributed by atoms with E-state index in [1.165, 1.54) is 127 Å². The maximum atomic E-state index is 14.1. The largest absolute Gasteiger partial charge is 0.461 e. The Bertz CT molecular complexity index is 1380. The first-order chi connectivity index (χ1) is 30.1. The normalized spacial score (nSPS) is 17.8. The van der Waals surface area contributed by atoms with E-state index in [0.29, 0.717) is 6.54 Å². The molecule has 0 aliphatic carbocycles. The van der Waals surface area contributed by atoms with E-state index in [-0.39, 0.29) is 18.8 Å². The predicted molar refractivity (Wildman–Crippen MR) is 250 cm³/mol. The van der Waals surface area contributed by atoms with Crippen molar-refractivity contribution in [3.05, 3.63) is 33.1 Å². The lowest BCUT2D eigenvalue weighted by Gasteiger charge is -2.25. The summed E-state index contributed by atoms with van der Waals surface area (Å²) in [5.41, 5.74) is -1.31. The van der Waals surface area contributed by atoms with Crippen LogP contribution in [0.3, 0.4) is 0 Å². The summed E-state index contributed by atoms with van der Waals surface area (Å²) in [6.07, 6.45) is 29.0. The Morgan fingerprint density at radius 2 is 1.05 bits per heavy atom. The topological polar surface area (TPSA) is 128 Å². The number of hydrogen-bond acceptors (Lipinski definition) is 10. The van der Waals surface area contributed by atoms with Gasteiger partial charge >= 0.3 is 17.6 Å². The van der Waals surface area contributed by atoms with Crippen LogP contribution >= 0.6 is 0 Å². The Morgan fingerprint density at radius 3 is 1.47 bits per heavy atom. The number of rotatable bonds is 39. The summed E-state index contributed by atoms with van der Waals surface area (Å²) in [5, 5.41) is 0. The highest BCUT2D eigenvalue weighted by atomic mass is 16.6. The van der Waals surface area contributed by atoms with E-state index < -0.39 is 54.3 Å². The van der Waals surface area contributed by atoms with Crippen molar-refractivity contribution in [2.24, 2.45) is 0 Å². The highest BCUT2D eigenvalue weighted by Crippen LogP contribution is 2.33. The van der Waals surface area contributed by atoms with Gasteiger partial charge in [-0.25, -0.2) is 14.2 Å². The molecule has 62 heavy (non-hydrogen) atoms. The van der Waals surface area contributed by atoms with E-state index in [2.05, 4.69) is 27.7 Å². The van der Waals surface area contributed by atoms with Crippen molar-refractivity contribution in [3.63, 3.8) is 0 Å². The molecule has 0 unspecified atom stereocenters. The second kappa shape index (κ2) is 34.8. The summed E-state index contributed by atoms with van der Waals surface area (Å²) in [5.74, 6) is -1.03. The van der Waals surface area contributed by atoms with Crippen molar-refractivity contribution in [1.82, 2.24) is 14.0 Å². The number of methoxy groups -OCH3 is 1. The monoisotopic (exact) mass is 878 g/mol. The number of hydrogen-bond donors (Lipinski definition) is 0. The van der Waals surface area contributed by atoms with Gasteiger partial charge in [0.2, 0.25) is 0 Å². The average molecular weight is 878 g/mol. The molecule has 12 heteroatoms. The van der Waals surface area contributed by atoms with Crippen LogP contribution in [0.1, 0.15) is 214 Å². The van der Waals surface area contributed by atoms with Gasteiger partial charge < -0.3 is 28.6 Å². The first-order valence-corrected chi connectivity index (χ1v) is 25.2. The van der Waals surface area contributed by atoms with E-state index in [1.807, 2.05) is 19.0 Å². The lowest BCUT2D eigenvalue weighted by atomic mass is 10.0. The summed E-state index contributed by atoms with van der Waals surface area (Å²) in [6, 6.07) is 1.26. The van der Waals surface area contributed by atoms with E-state index in [0.717, 1.165) is 81.6 Å². The fourth-order valence-electron chi connectivity index (χ4n) is 8.63. The number of carbonyl (C=O) groups is 2. The van der Waals surface area contributed by atoms with Crippen molar-refractivity contribution >= 4 is 11.9 Å². The molecule has 12 nitrogen and oxygen atoms in total. The van der Waals surface area contributed by atoms with Gasteiger partial charge in [-0.1, -0.05) is 156 Å². The van der Waals surface area contributed by atoms with Crippen LogP contribution in [0.25, 0.3) is 0 Å². The molecule has 360 valence electrons. The lowest BCUT2D eigenvalue weighted by Crippen LogP contribution is -2.45. The zero-order chi connectivity index (χ0) is 45.4. The van der Waals surface area contributed by atoms with Crippen molar-refractivity contribution in [3.8, 4) is 0 Å². The van der Waals surface area contributed by atoms with Crippen LogP contribution in [0.15, 0.2) is 21.9 Å². The van der Waals surface area contributed by atoms with Gasteiger partial charge in [-0.3, -0.25) is 14.2 Å². The van der Waals surface area contributed by atoms with Gasteiger partial charge in [0.25, 0.3) is 5.56 Å². The van der Waals surface area contributed by atoms with E-state index in [1.54, 1.807) is 0 Å². The van der Waals surface area contributed by atoms with E-state index in [9.17, 15) is 19.2 Å². The number of likely N-dealkylation sites (N-methyl/N-ethyl adjacent to an activating group) is 1. The minimum absolute atomic E-state index is 0.153. The van der Waals surface area contributed by atoms with Crippen LogP contribution in [-0.4, -0.2) is 90.8 Å². The molecule has 0 N–H and O–H groups in total. The summed E-state index contributed by atoms with van der Waals surface area (Å²) >= 11 is 0. The molecule has 0 bridgehead atoms. The van der Waals surface area contributed by atoms with Gasteiger partial charge in [0.15, 0.2) is 6.23 Å². The maximum Gasteiger partial charge on any atom is 0.333 e. The molecule has 2 rings (SSSR count). The minimum Gasteiger partial charge on any atom is -0.461 e. The number of esters is 2. The standard InChI is InChI=1S/C50H91N3O9/c1-8-12-16-20-24-28-32-41(33-29-25-21-17-13-9-2)60-45(55)39-53-44(54)36-37-52(50(53)57)49-48(58-7)47(43(62-49)38-51(5)6)59-40-46(56)61-42(34-30-26-22-18-14-10-3)35-31-27-23-19-15-11-4/h36-37,41-43,47-49H,8-35,38-40H2,1-7H3/t43-,47-,48-,49-/m1/s1. The molecular formula is C50H91N3O9. The van der Waals surface area contributed by atoms with Gasteiger partial charge in [-0.05, 0) is 65.5 Å². The molecule has 4 atom stereocenters. The third-order valence-corrected chi connectivity index (χ3v) is 12.3. The third kappa shape index (κ3) is 22.9.